The zero-order valence-electron chi connectivity index (χ0n) is 16.0. The molecule has 2 aromatic rings. The molecule has 1 aliphatic carbocycles. The fourth-order valence-corrected chi connectivity index (χ4v) is 3.73. The number of benzene rings is 2. The lowest BCUT2D eigenvalue weighted by molar-refractivity contribution is -0.137. The van der Waals surface area contributed by atoms with Gasteiger partial charge in [0.2, 0.25) is 5.75 Å². The highest BCUT2D eigenvalue weighted by Gasteiger charge is 2.31. The molecule has 5 nitrogen and oxygen atoms in total. The van der Waals surface area contributed by atoms with E-state index in [4.69, 9.17) is 18.9 Å². The van der Waals surface area contributed by atoms with E-state index in [1.807, 2.05) is 12.1 Å². The van der Waals surface area contributed by atoms with Crippen LogP contribution in [0.3, 0.4) is 0 Å². The van der Waals surface area contributed by atoms with E-state index in [1.165, 1.54) is 17.2 Å². The SMILES string of the molecule is C=CC(=O)OCCCc1c(OC)c(OC)c(OC)c2c1-c1ccccc1C2. The highest BCUT2D eigenvalue weighted by Crippen LogP contribution is 2.53. The molecule has 0 spiro atoms. The first-order chi connectivity index (χ1) is 13.2. The number of esters is 1. The highest BCUT2D eigenvalue weighted by molar-refractivity contribution is 5.86. The summed E-state index contributed by atoms with van der Waals surface area (Å²) in [7, 11) is 4.89. The predicted octanol–water partition coefficient (Wildman–Crippen LogP) is 3.95. The topological polar surface area (TPSA) is 54.0 Å². The highest BCUT2D eigenvalue weighted by atomic mass is 16.5. The molecular weight excluding hydrogens is 344 g/mol. The van der Waals surface area contributed by atoms with Gasteiger partial charge in [0.15, 0.2) is 11.5 Å². The number of methoxy groups -OCH3 is 3. The average Bonchev–Trinajstić information content (AvgIpc) is 3.08. The molecule has 0 atom stereocenters. The summed E-state index contributed by atoms with van der Waals surface area (Å²) >= 11 is 0. The van der Waals surface area contributed by atoms with Crippen LogP contribution >= 0.6 is 0 Å². The van der Waals surface area contributed by atoms with E-state index in [2.05, 4.69) is 18.7 Å². The third-order valence-electron chi connectivity index (χ3n) is 4.81. The van der Waals surface area contributed by atoms with Gasteiger partial charge in [0.05, 0.1) is 27.9 Å². The normalized spacial score (nSPS) is 11.4. The molecule has 5 heteroatoms. The van der Waals surface area contributed by atoms with E-state index in [0.29, 0.717) is 36.7 Å². The van der Waals surface area contributed by atoms with Crippen LogP contribution in [-0.2, 0) is 22.4 Å². The van der Waals surface area contributed by atoms with E-state index in [0.717, 1.165) is 23.1 Å². The molecule has 0 amide bonds. The lowest BCUT2D eigenvalue weighted by Crippen LogP contribution is -2.06. The summed E-state index contributed by atoms with van der Waals surface area (Å²) in [5, 5.41) is 0. The lowest BCUT2D eigenvalue weighted by atomic mass is 9.94. The maximum Gasteiger partial charge on any atom is 0.330 e. The van der Waals surface area contributed by atoms with Crippen molar-refractivity contribution in [2.75, 3.05) is 27.9 Å². The fourth-order valence-electron chi connectivity index (χ4n) is 3.73. The summed E-state index contributed by atoms with van der Waals surface area (Å²) in [5.41, 5.74) is 5.72. The van der Waals surface area contributed by atoms with Crippen LogP contribution in [0.1, 0.15) is 23.1 Å². The molecule has 0 unspecified atom stereocenters. The molecule has 0 saturated carbocycles. The molecule has 3 rings (SSSR count). The van der Waals surface area contributed by atoms with Crippen molar-refractivity contribution in [2.24, 2.45) is 0 Å². The smallest absolute Gasteiger partial charge is 0.330 e. The third-order valence-corrected chi connectivity index (χ3v) is 4.81. The van der Waals surface area contributed by atoms with Gasteiger partial charge in [-0.05, 0) is 29.5 Å². The van der Waals surface area contributed by atoms with Gasteiger partial charge in [-0.2, -0.15) is 0 Å². The minimum atomic E-state index is -0.412. The van der Waals surface area contributed by atoms with E-state index in [1.54, 1.807) is 21.3 Å². The molecule has 0 heterocycles. The third kappa shape index (κ3) is 3.37. The van der Waals surface area contributed by atoms with Gasteiger partial charge < -0.3 is 18.9 Å². The second-order valence-corrected chi connectivity index (χ2v) is 6.24. The van der Waals surface area contributed by atoms with Gasteiger partial charge in [-0.25, -0.2) is 4.79 Å². The molecule has 0 aromatic heterocycles. The van der Waals surface area contributed by atoms with Crippen molar-refractivity contribution >= 4 is 5.97 Å². The Balaban J connectivity index is 2.07. The molecule has 0 fully saturated rings. The molecule has 0 radical (unpaired) electrons. The molecule has 0 N–H and O–H groups in total. The molecule has 0 bridgehead atoms. The van der Waals surface area contributed by atoms with Gasteiger partial charge in [-0.15, -0.1) is 0 Å². The quantitative estimate of drug-likeness (QED) is 0.342. The first-order valence-corrected chi connectivity index (χ1v) is 8.87. The van der Waals surface area contributed by atoms with E-state index >= 15 is 0 Å². The zero-order valence-corrected chi connectivity index (χ0v) is 16.0. The number of carbonyl (C=O) groups excluding carboxylic acids is 1. The molecule has 0 saturated heterocycles. The van der Waals surface area contributed by atoms with Gasteiger partial charge >= 0.3 is 5.97 Å². The summed E-state index contributed by atoms with van der Waals surface area (Å²) in [6.45, 7) is 3.73. The number of hydrogen-bond acceptors (Lipinski definition) is 5. The molecule has 27 heavy (non-hydrogen) atoms. The Labute approximate surface area is 159 Å². The maximum atomic E-state index is 11.3. The second kappa shape index (κ2) is 8.16. The molecule has 1 aliphatic rings. The number of ether oxygens (including phenoxy) is 4. The van der Waals surface area contributed by atoms with Crippen molar-refractivity contribution in [1.82, 2.24) is 0 Å². The van der Waals surface area contributed by atoms with Crippen molar-refractivity contribution in [3.05, 3.63) is 53.6 Å². The number of hydrogen-bond donors (Lipinski definition) is 0. The summed E-state index contributed by atoms with van der Waals surface area (Å²) in [6, 6.07) is 8.32. The zero-order chi connectivity index (χ0) is 19.4. The Morgan fingerprint density at radius 2 is 1.78 bits per heavy atom. The van der Waals surface area contributed by atoms with Crippen molar-refractivity contribution in [3.63, 3.8) is 0 Å². The van der Waals surface area contributed by atoms with E-state index in [9.17, 15) is 4.79 Å². The lowest BCUT2D eigenvalue weighted by Gasteiger charge is -2.21. The van der Waals surface area contributed by atoms with E-state index < -0.39 is 5.97 Å². The second-order valence-electron chi connectivity index (χ2n) is 6.24. The minimum absolute atomic E-state index is 0.318. The monoisotopic (exact) mass is 368 g/mol. The van der Waals surface area contributed by atoms with E-state index in [-0.39, 0.29) is 0 Å². The van der Waals surface area contributed by atoms with Crippen molar-refractivity contribution < 1.29 is 23.7 Å². The van der Waals surface area contributed by atoms with Crippen molar-refractivity contribution in [3.8, 4) is 28.4 Å². The Morgan fingerprint density at radius 1 is 1.07 bits per heavy atom. The summed E-state index contributed by atoms with van der Waals surface area (Å²) in [5.74, 6) is 1.57. The predicted molar refractivity (Wildman–Crippen MR) is 104 cm³/mol. The van der Waals surface area contributed by atoms with Crippen LogP contribution in [0.5, 0.6) is 17.2 Å². The fraction of sp³-hybridized carbons (Fsp3) is 0.318. The van der Waals surface area contributed by atoms with Crippen LogP contribution in [0.2, 0.25) is 0 Å². The van der Waals surface area contributed by atoms with Crippen LogP contribution in [0, 0.1) is 0 Å². The molecule has 2 aromatic carbocycles. The maximum absolute atomic E-state index is 11.3. The summed E-state index contributed by atoms with van der Waals surface area (Å²) in [6.07, 6.45) is 3.31. The first kappa shape index (κ1) is 18.8. The Morgan fingerprint density at radius 3 is 2.44 bits per heavy atom. The Hall–Kier alpha value is -2.95. The van der Waals surface area contributed by atoms with Gasteiger partial charge in [0, 0.05) is 23.6 Å². The van der Waals surface area contributed by atoms with Crippen LogP contribution < -0.4 is 14.2 Å². The molecular formula is C22H24O5. The van der Waals surface area contributed by atoms with Crippen LogP contribution in [0.4, 0.5) is 0 Å². The van der Waals surface area contributed by atoms with Crippen molar-refractivity contribution in [1.29, 1.82) is 0 Å². The van der Waals surface area contributed by atoms with Gasteiger partial charge in [0.1, 0.15) is 0 Å². The minimum Gasteiger partial charge on any atom is -0.492 e. The average molecular weight is 368 g/mol. The first-order valence-electron chi connectivity index (χ1n) is 8.87. The van der Waals surface area contributed by atoms with Gasteiger partial charge in [0.25, 0.3) is 0 Å². The van der Waals surface area contributed by atoms with Crippen LogP contribution in [0.15, 0.2) is 36.9 Å². The summed E-state index contributed by atoms with van der Waals surface area (Å²) in [4.78, 5) is 11.3. The van der Waals surface area contributed by atoms with Gasteiger partial charge in [-0.1, -0.05) is 30.8 Å². The van der Waals surface area contributed by atoms with Gasteiger partial charge in [-0.3, -0.25) is 0 Å². The number of fused-ring (bicyclic) bond motifs is 3. The Kier molecular flexibility index (Phi) is 5.69. The standard InChI is InChI=1S/C22H24O5/c1-5-18(23)27-12-8-11-16-19-15-10-7-6-9-14(15)13-17(19)21(25-3)22(26-4)20(16)24-2/h5-7,9-10H,1,8,11-13H2,2-4H3. The number of carbonyl (C=O) groups is 1. The number of rotatable bonds is 8. The Bertz CT molecular complexity index is 869. The molecule has 0 aliphatic heterocycles. The van der Waals surface area contributed by atoms with Crippen LogP contribution in [0.25, 0.3) is 11.1 Å². The van der Waals surface area contributed by atoms with Crippen LogP contribution in [-0.4, -0.2) is 33.9 Å². The summed E-state index contributed by atoms with van der Waals surface area (Å²) < 4.78 is 22.2. The molecule has 142 valence electrons. The largest absolute Gasteiger partial charge is 0.492 e. The van der Waals surface area contributed by atoms with Crippen molar-refractivity contribution in [2.45, 2.75) is 19.3 Å².